The predicted octanol–water partition coefficient (Wildman–Crippen LogP) is 1.27. The number of aliphatic hydroxyl groups is 1. The number of benzene rings is 1. The molecule has 0 saturated carbocycles. The molecule has 4 heteroatoms. The molecule has 1 atom stereocenters. The minimum atomic E-state index is -0.363. The van der Waals surface area contributed by atoms with Crippen LogP contribution in [0, 0.1) is 0 Å². The molecule has 1 unspecified atom stereocenters. The molecule has 1 aromatic rings. The maximum Gasteiger partial charge on any atom is 0.141 e. The Labute approximate surface area is 87.4 Å². The molecule has 76 valence electrons. The second-order valence-electron chi connectivity index (χ2n) is 3.38. The van der Waals surface area contributed by atoms with E-state index in [-0.39, 0.29) is 12.6 Å². The van der Waals surface area contributed by atoms with E-state index in [0.29, 0.717) is 11.6 Å². The highest BCUT2D eigenvalue weighted by atomic mass is 35.5. The van der Waals surface area contributed by atoms with Crippen LogP contribution in [0.5, 0.6) is 5.75 Å². The van der Waals surface area contributed by atoms with Crippen molar-refractivity contribution in [3.05, 3.63) is 28.3 Å². The van der Waals surface area contributed by atoms with Crippen LogP contribution in [-0.2, 0) is 6.42 Å². The number of rotatable bonds is 2. The summed E-state index contributed by atoms with van der Waals surface area (Å²) in [5.74, 6) is 0.764. The Morgan fingerprint density at radius 1 is 1.57 bits per heavy atom. The largest absolute Gasteiger partial charge is 0.491 e. The fourth-order valence-corrected chi connectivity index (χ4v) is 1.91. The van der Waals surface area contributed by atoms with Crippen molar-refractivity contribution in [1.82, 2.24) is 0 Å². The van der Waals surface area contributed by atoms with Crippen molar-refractivity contribution < 1.29 is 9.84 Å². The lowest BCUT2D eigenvalue weighted by atomic mass is 10.0. The van der Waals surface area contributed by atoms with Crippen molar-refractivity contribution in [3.63, 3.8) is 0 Å². The average Bonchev–Trinajstić information content (AvgIpc) is 2.64. The summed E-state index contributed by atoms with van der Waals surface area (Å²) >= 11 is 6.01. The van der Waals surface area contributed by atoms with Crippen LogP contribution in [0.4, 0.5) is 0 Å². The van der Waals surface area contributed by atoms with Gasteiger partial charge in [0.05, 0.1) is 24.3 Å². The molecular formula is C10H12ClNO2. The number of hydrogen-bond donors (Lipinski definition) is 2. The van der Waals surface area contributed by atoms with Gasteiger partial charge in [0, 0.05) is 6.42 Å². The van der Waals surface area contributed by atoms with Crippen LogP contribution in [0.1, 0.15) is 17.2 Å². The van der Waals surface area contributed by atoms with Gasteiger partial charge in [0.25, 0.3) is 0 Å². The lowest BCUT2D eigenvalue weighted by Crippen LogP contribution is -2.14. The van der Waals surface area contributed by atoms with Gasteiger partial charge in [-0.25, -0.2) is 0 Å². The smallest absolute Gasteiger partial charge is 0.141 e. The molecule has 0 fully saturated rings. The van der Waals surface area contributed by atoms with Crippen LogP contribution in [0.15, 0.2) is 12.1 Å². The quantitative estimate of drug-likeness (QED) is 0.778. The van der Waals surface area contributed by atoms with Crippen LogP contribution in [0.2, 0.25) is 5.02 Å². The third-order valence-electron chi connectivity index (χ3n) is 2.39. The zero-order valence-electron chi connectivity index (χ0n) is 7.66. The van der Waals surface area contributed by atoms with E-state index < -0.39 is 0 Å². The van der Waals surface area contributed by atoms with Gasteiger partial charge >= 0.3 is 0 Å². The predicted molar refractivity (Wildman–Crippen MR) is 54.7 cm³/mol. The molecule has 0 radical (unpaired) electrons. The van der Waals surface area contributed by atoms with Gasteiger partial charge in [0.2, 0.25) is 0 Å². The second-order valence-corrected chi connectivity index (χ2v) is 3.79. The molecule has 2 rings (SSSR count). The zero-order valence-corrected chi connectivity index (χ0v) is 8.42. The molecule has 0 spiro atoms. The normalized spacial score (nSPS) is 16.2. The fraction of sp³-hybridized carbons (Fsp3) is 0.400. The molecule has 0 bridgehead atoms. The summed E-state index contributed by atoms with van der Waals surface area (Å²) in [5, 5.41) is 9.51. The molecule has 0 aromatic heterocycles. The average molecular weight is 214 g/mol. The van der Waals surface area contributed by atoms with Crippen LogP contribution in [0.25, 0.3) is 0 Å². The molecule has 1 aliphatic rings. The Kier molecular flexibility index (Phi) is 2.63. The highest BCUT2D eigenvalue weighted by Gasteiger charge is 2.18. The molecule has 0 aliphatic carbocycles. The third-order valence-corrected chi connectivity index (χ3v) is 2.67. The van der Waals surface area contributed by atoms with Gasteiger partial charge in [0.15, 0.2) is 0 Å². The number of nitrogens with two attached hydrogens (primary N) is 1. The monoisotopic (exact) mass is 213 g/mol. The molecule has 14 heavy (non-hydrogen) atoms. The first-order valence-electron chi connectivity index (χ1n) is 4.54. The molecule has 0 amide bonds. The molecule has 0 saturated heterocycles. The van der Waals surface area contributed by atoms with Gasteiger partial charge in [-0.05, 0) is 17.2 Å². The molecule has 3 nitrogen and oxygen atoms in total. The molecule has 1 heterocycles. The van der Waals surface area contributed by atoms with E-state index in [4.69, 9.17) is 27.2 Å². The fourth-order valence-electron chi connectivity index (χ4n) is 1.60. The molecule has 3 N–H and O–H groups in total. The lowest BCUT2D eigenvalue weighted by molar-refractivity contribution is 0.268. The van der Waals surface area contributed by atoms with E-state index in [1.54, 1.807) is 6.07 Å². The summed E-state index contributed by atoms with van der Waals surface area (Å²) < 4.78 is 5.36. The van der Waals surface area contributed by atoms with Gasteiger partial charge in [-0.3, -0.25) is 0 Å². The van der Waals surface area contributed by atoms with Gasteiger partial charge in [-0.1, -0.05) is 17.7 Å². The first-order chi connectivity index (χ1) is 6.72. The van der Waals surface area contributed by atoms with Crippen molar-refractivity contribution in [2.24, 2.45) is 5.73 Å². The molecule has 1 aliphatic heterocycles. The zero-order chi connectivity index (χ0) is 10.1. The Morgan fingerprint density at radius 2 is 2.36 bits per heavy atom. The lowest BCUT2D eigenvalue weighted by Gasteiger charge is -2.11. The summed E-state index contributed by atoms with van der Waals surface area (Å²) in [5.41, 5.74) is 7.65. The maximum atomic E-state index is 8.93. The van der Waals surface area contributed by atoms with Crippen molar-refractivity contribution in [1.29, 1.82) is 0 Å². The van der Waals surface area contributed by atoms with Gasteiger partial charge in [-0.2, -0.15) is 0 Å². The summed E-state index contributed by atoms with van der Waals surface area (Å²) in [7, 11) is 0. The Morgan fingerprint density at radius 3 is 3.07 bits per heavy atom. The highest BCUT2D eigenvalue weighted by Crippen LogP contribution is 2.35. The summed E-state index contributed by atoms with van der Waals surface area (Å²) in [6.07, 6.45) is 0.862. The minimum Gasteiger partial charge on any atom is -0.491 e. The van der Waals surface area contributed by atoms with Gasteiger partial charge in [0.1, 0.15) is 5.75 Å². The SMILES string of the molecule is NC(CO)c1cc(Cl)c2c(c1)CCO2. The van der Waals surface area contributed by atoms with Crippen LogP contribution in [0.3, 0.4) is 0 Å². The summed E-state index contributed by atoms with van der Waals surface area (Å²) in [6, 6.07) is 3.35. The highest BCUT2D eigenvalue weighted by molar-refractivity contribution is 6.32. The number of ether oxygens (including phenoxy) is 1. The van der Waals surface area contributed by atoms with Gasteiger partial charge in [-0.15, -0.1) is 0 Å². The number of halogens is 1. The number of aliphatic hydroxyl groups excluding tert-OH is 1. The topological polar surface area (TPSA) is 55.5 Å². The standard InChI is InChI=1S/C10H12ClNO2/c11-8-4-7(9(12)5-13)3-6-1-2-14-10(6)8/h3-4,9,13H,1-2,5,12H2. The molecule has 1 aromatic carbocycles. The van der Waals surface area contributed by atoms with Crippen LogP contribution >= 0.6 is 11.6 Å². The maximum absolute atomic E-state index is 8.93. The Balaban J connectivity index is 2.41. The van der Waals surface area contributed by atoms with Crippen molar-refractivity contribution >= 4 is 11.6 Å². The van der Waals surface area contributed by atoms with Crippen molar-refractivity contribution in [3.8, 4) is 5.75 Å². The first kappa shape index (κ1) is 9.77. The van der Waals surface area contributed by atoms with E-state index in [1.165, 1.54) is 0 Å². The van der Waals surface area contributed by atoms with E-state index >= 15 is 0 Å². The van der Waals surface area contributed by atoms with Crippen LogP contribution < -0.4 is 10.5 Å². The Bertz CT molecular complexity index is 354. The molecular weight excluding hydrogens is 202 g/mol. The number of hydrogen-bond acceptors (Lipinski definition) is 3. The summed E-state index contributed by atoms with van der Waals surface area (Å²) in [4.78, 5) is 0. The van der Waals surface area contributed by atoms with Crippen LogP contribution in [-0.4, -0.2) is 18.3 Å². The number of fused-ring (bicyclic) bond motifs is 1. The van der Waals surface area contributed by atoms with Crippen molar-refractivity contribution in [2.75, 3.05) is 13.2 Å². The minimum absolute atomic E-state index is 0.0734. The van der Waals surface area contributed by atoms with Gasteiger partial charge < -0.3 is 15.6 Å². The first-order valence-corrected chi connectivity index (χ1v) is 4.91. The van der Waals surface area contributed by atoms with E-state index in [0.717, 1.165) is 23.3 Å². The van der Waals surface area contributed by atoms with E-state index in [1.807, 2.05) is 6.07 Å². The Hall–Kier alpha value is -0.770. The third kappa shape index (κ3) is 1.59. The second kappa shape index (κ2) is 3.77. The van der Waals surface area contributed by atoms with E-state index in [9.17, 15) is 0 Å². The van der Waals surface area contributed by atoms with E-state index in [2.05, 4.69) is 0 Å². The summed E-state index contributed by atoms with van der Waals surface area (Å²) in [6.45, 7) is 0.600. The van der Waals surface area contributed by atoms with Crippen molar-refractivity contribution in [2.45, 2.75) is 12.5 Å².